The van der Waals surface area contributed by atoms with Gasteiger partial charge in [-0.05, 0) is 78.9 Å². The lowest BCUT2D eigenvalue weighted by Crippen LogP contribution is -2.28. The lowest BCUT2D eigenvalue weighted by atomic mass is 9.84. The first-order valence-electron chi connectivity index (χ1n) is 12.5. The van der Waals surface area contributed by atoms with Crippen LogP contribution in [0.15, 0.2) is 47.1 Å². The molecule has 2 N–H and O–H groups in total. The maximum absolute atomic E-state index is 11.6. The number of rotatable bonds is 9. The maximum Gasteiger partial charge on any atom is 0.313 e. The van der Waals surface area contributed by atoms with Crippen molar-refractivity contribution in [1.29, 1.82) is 0 Å². The zero-order chi connectivity index (χ0) is 25.4. The van der Waals surface area contributed by atoms with Crippen molar-refractivity contribution in [2.24, 2.45) is 5.41 Å². The van der Waals surface area contributed by atoms with Crippen molar-refractivity contribution in [3.05, 3.63) is 65.0 Å². The standard InChI is InChI=1S/C30H37NO4/c1-7-8-24-26(12-10-23-20(17-29(2,3)4)18-35-27(23)24)34-14-13-22-16-19-15-21(9-11-25(19)31-22)30(5,6)28(32)33/h9-12,15-16,18,31H,7-8,13-14,17H2,1-6H3,(H,32,33). The molecule has 5 heteroatoms. The Hall–Kier alpha value is -3.21. The molecule has 0 atom stereocenters. The Labute approximate surface area is 207 Å². The van der Waals surface area contributed by atoms with Gasteiger partial charge in [0.05, 0.1) is 18.3 Å². The molecule has 186 valence electrons. The average molecular weight is 476 g/mol. The number of carboxylic acid groups (broad SMARTS) is 1. The van der Waals surface area contributed by atoms with Gasteiger partial charge in [0.15, 0.2) is 0 Å². The largest absolute Gasteiger partial charge is 0.493 e. The highest BCUT2D eigenvalue weighted by atomic mass is 16.5. The summed E-state index contributed by atoms with van der Waals surface area (Å²) >= 11 is 0. The van der Waals surface area contributed by atoms with Crippen molar-refractivity contribution in [2.45, 2.75) is 72.6 Å². The number of aliphatic carboxylic acids is 1. The monoisotopic (exact) mass is 475 g/mol. The minimum absolute atomic E-state index is 0.195. The van der Waals surface area contributed by atoms with Crippen LogP contribution < -0.4 is 4.74 Å². The third-order valence-corrected chi connectivity index (χ3v) is 6.67. The number of ether oxygens (including phenoxy) is 1. The highest BCUT2D eigenvalue weighted by Crippen LogP contribution is 2.35. The van der Waals surface area contributed by atoms with Gasteiger partial charge in [0.25, 0.3) is 0 Å². The van der Waals surface area contributed by atoms with Gasteiger partial charge < -0.3 is 19.2 Å². The Bertz CT molecular complexity index is 1350. The SMILES string of the molecule is CCCc1c(OCCc2cc3cc(C(C)(C)C(=O)O)ccc3[nH]2)ccc2c(CC(C)(C)C)coc12. The predicted octanol–water partition coefficient (Wildman–Crippen LogP) is 7.44. The third-order valence-electron chi connectivity index (χ3n) is 6.67. The topological polar surface area (TPSA) is 75.5 Å². The highest BCUT2D eigenvalue weighted by molar-refractivity contribution is 5.87. The molecule has 0 bridgehead atoms. The van der Waals surface area contributed by atoms with Crippen LogP contribution in [0, 0.1) is 5.41 Å². The molecule has 0 unspecified atom stereocenters. The molecule has 2 aromatic heterocycles. The number of hydrogen-bond acceptors (Lipinski definition) is 3. The number of benzene rings is 2. The van der Waals surface area contributed by atoms with E-state index < -0.39 is 11.4 Å². The van der Waals surface area contributed by atoms with Gasteiger partial charge in [-0.25, -0.2) is 0 Å². The van der Waals surface area contributed by atoms with Crippen LogP contribution in [0.25, 0.3) is 21.9 Å². The number of carbonyl (C=O) groups is 1. The van der Waals surface area contributed by atoms with Gasteiger partial charge >= 0.3 is 5.97 Å². The molecule has 35 heavy (non-hydrogen) atoms. The summed E-state index contributed by atoms with van der Waals surface area (Å²) in [5, 5.41) is 11.7. The lowest BCUT2D eigenvalue weighted by Gasteiger charge is -2.19. The highest BCUT2D eigenvalue weighted by Gasteiger charge is 2.29. The van der Waals surface area contributed by atoms with Crippen LogP contribution in [-0.2, 0) is 29.5 Å². The molecule has 4 aromatic rings. The van der Waals surface area contributed by atoms with Gasteiger partial charge in [-0.3, -0.25) is 4.79 Å². The number of fused-ring (bicyclic) bond motifs is 2. The van der Waals surface area contributed by atoms with E-state index in [9.17, 15) is 9.90 Å². The second-order valence-corrected chi connectivity index (χ2v) is 11.3. The zero-order valence-electron chi connectivity index (χ0n) is 21.7. The van der Waals surface area contributed by atoms with Crippen LogP contribution in [0.1, 0.15) is 70.3 Å². The van der Waals surface area contributed by atoms with E-state index >= 15 is 0 Å². The molecule has 0 aliphatic rings. The summed E-state index contributed by atoms with van der Waals surface area (Å²) in [6, 6.07) is 12.1. The van der Waals surface area contributed by atoms with E-state index in [4.69, 9.17) is 9.15 Å². The van der Waals surface area contributed by atoms with Crippen molar-refractivity contribution < 1.29 is 19.1 Å². The molecule has 4 rings (SSSR count). The minimum Gasteiger partial charge on any atom is -0.493 e. The Balaban J connectivity index is 1.51. The van der Waals surface area contributed by atoms with E-state index in [2.05, 4.69) is 50.9 Å². The molecule has 5 nitrogen and oxygen atoms in total. The normalized spacial score (nSPS) is 12.5. The molecule has 0 saturated heterocycles. The molecule has 0 radical (unpaired) electrons. The summed E-state index contributed by atoms with van der Waals surface area (Å²) in [6.45, 7) is 12.9. The van der Waals surface area contributed by atoms with Crippen LogP contribution >= 0.6 is 0 Å². The van der Waals surface area contributed by atoms with Gasteiger partial charge in [0.1, 0.15) is 11.3 Å². The Morgan fingerprint density at radius 2 is 1.83 bits per heavy atom. The van der Waals surface area contributed by atoms with E-state index in [0.29, 0.717) is 6.61 Å². The molecular formula is C30H37NO4. The average Bonchev–Trinajstić information content (AvgIpc) is 3.37. The van der Waals surface area contributed by atoms with Crippen LogP contribution in [0.2, 0.25) is 0 Å². The summed E-state index contributed by atoms with van der Waals surface area (Å²) in [4.78, 5) is 15.1. The maximum atomic E-state index is 11.6. The lowest BCUT2D eigenvalue weighted by molar-refractivity contribution is -0.142. The van der Waals surface area contributed by atoms with E-state index in [0.717, 1.165) is 64.7 Å². The van der Waals surface area contributed by atoms with Gasteiger partial charge in [0, 0.05) is 28.6 Å². The summed E-state index contributed by atoms with van der Waals surface area (Å²) in [7, 11) is 0. The number of H-pyrrole nitrogens is 1. The molecule has 0 aliphatic carbocycles. The van der Waals surface area contributed by atoms with Crippen molar-refractivity contribution in [3.8, 4) is 5.75 Å². The smallest absolute Gasteiger partial charge is 0.313 e. The second kappa shape index (κ2) is 9.44. The third kappa shape index (κ3) is 5.24. The molecular weight excluding hydrogens is 438 g/mol. The molecule has 2 aromatic carbocycles. The molecule has 0 amide bonds. The first-order valence-corrected chi connectivity index (χ1v) is 12.5. The molecule has 0 saturated carbocycles. The Morgan fingerprint density at radius 3 is 2.51 bits per heavy atom. The number of aryl methyl sites for hydroxylation is 1. The molecule has 0 spiro atoms. The van der Waals surface area contributed by atoms with E-state index in [1.54, 1.807) is 13.8 Å². The van der Waals surface area contributed by atoms with E-state index in [1.807, 2.05) is 24.5 Å². The van der Waals surface area contributed by atoms with Crippen LogP contribution in [0.4, 0.5) is 0 Å². The molecule has 0 aliphatic heterocycles. The fourth-order valence-electron chi connectivity index (χ4n) is 4.63. The Morgan fingerprint density at radius 1 is 1.06 bits per heavy atom. The summed E-state index contributed by atoms with van der Waals surface area (Å²) < 4.78 is 12.3. The van der Waals surface area contributed by atoms with Gasteiger partial charge in [0.2, 0.25) is 0 Å². The number of hydrogen-bond donors (Lipinski definition) is 2. The van der Waals surface area contributed by atoms with Crippen LogP contribution in [0.5, 0.6) is 5.75 Å². The summed E-state index contributed by atoms with van der Waals surface area (Å²) in [5.74, 6) is 0.0561. The fourth-order valence-corrected chi connectivity index (χ4v) is 4.63. The van der Waals surface area contributed by atoms with Crippen molar-refractivity contribution in [2.75, 3.05) is 6.61 Å². The van der Waals surface area contributed by atoms with Gasteiger partial charge in [-0.2, -0.15) is 0 Å². The summed E-state index contributed by atoms with van der Waals surface area (Å²) in [5.41, 5.74) is 5.46. The minimum atomic E-state index is -0.929. The first-order chi connectivity index (χ1) is 16.5. The number of nitrogens with one attached hydrogen (secondary N) is 1. The predicted molar refractivity (Wildman–Crippen MR) is 142 cm³/mol. The summed E-state index contributed by atoms with van der Waals surface area (Å²) in [6.07, 6.45) is 5.52. The number of aromatic nitrogens is 1. The number of carboxylic acids is 1. The van der Waals surface area contributed by atoms with E-state index in [1.165, 1.54) is 10.9 Å². The van der Waals surface area contributed by atoms with Crippen LogP contribution in [-0.4, -0.2) is 22.7 Å². The zero-order valence-corrected chi connectivity index (χ0v) is 21.7. The van der Waals surface area contributed by atoms with Gasteiger partial charge in [-0.1, -0.05) is 40.2 Å². The van der Waals surface area contributed by atoms with Crippen molar-refractivity contribution >= 4 is 27.8 Å². The molecule has 0 fully saturated rings. The number of aromatic amines is 1. The quantitative estimate of drug-likeness (QED) is 0.264. The second-order valence-electron chi connectivity index (χ2n) is 11.3. The van der Waals surface area contributed by atoms with Crippen molar-refractivity contribution in [1.82, 2.24) is 4.98 Å². The van der Waals surface area contributed by atoms with Gasteiger partial charge in [-0.15, -0.1) is 0 Å². The van der Waals surface area contributed by atoms with Crippen LogP contribution in [0.3, 0.4) is 0 Å². The van der Waals surface area contributed by atoms with Crippen molar-refractivity contribution in [3.63, 3.8) is 0 Å². The van der Waals surface area contributed by atoms with E-state index in [-0.39, 0.29) is 5.41 Å². The number of furan rings is 1. The molecule has 2 heterocycles. The fraction of sp³-hybridized carbons (Fsp3) is 0.433. The first kappa shape index (κ1) is 24.9. The Kier molecular flexibility index (Phi) is 6.72.